The lowest BCUT2D eigenvalue weighted by Crippen LogP contribution is -2.22. The van der Waals surface area contributed by atoms with Gasteiger partial charge in [0.15, 0.2) is 0 Å². The van der Waals surface area contributed by atoms with Crippen LogP contribution in [0.15, 0.2) is 12.3 Å². The lowest BCUT2D eigenvalue weighted by Gasteiger charge is -2.18. The molecule has 0 amide bonds. The molecule has 3 heteroatoms. The summed E-state index contributed by atoms with van der Waals surface area (Å²) in [7, 11) is 1.94. The van der Waals surface area contributed by atoms with E-state index in [1.807, 2.05) is 17.8 Å². The van der Waals surface area contributed by atoms with Crippen LogP contribution < -0.4 is 5.32 Å². The van der Waals surface area contributed by atoms with E-state index in [0.717, 1.165) is 5.82 Å². The average Bonchev–Trinajstić information content (AvgIpc) is 2.36. The van der Waals surface area contributed by atoms with Gasteiger partial charge >= 0.3 is 0 Å². The van der Waals surface area contributed by atoms with Crippen molar-refractivity contribution < 1.29 is 0 Å². The summed E-state index contributed by atoms with van der Waals surface area (Å²) >= 11 is 0. The first kappa shape index (κ1) is 9.10. The Labute approximate surface area is 73.8 Å². The van der Waals surface area contributed by atoms with E-state index in [2.05, 4.69) is 31.2 Å². The van der Waals surface area contributed by atoms with Crippen molar-refractivity contribution in [2.45, 2.75) is 26.8 Å². The van der Waals surface area contributed by atoms with E-state index in [1.165, 1.54) is 0 Å². The van der Waals surface area contributed by atoms with Crippen LogP contribution in [0.2, 0.25) is 0 Å². The Balaban J connectivity index is 2.58. The molecule has 68 valence electrons. The van der Waals surface area contributed by atoms with Gasteiger partial charge in [0, 0.05) is 19.2 Å². The molecule has 1 aromatic heterocycles. The van der Waals surface area contributed by atoms with Gasteiger partial charge in [-0.2, -0.15) is 5.10 Å². The predicted octanol–water partition coefficient (Wildman–Crippen LogP) is 1.88. The van der Waals surface area contributed by atoms with Crippen LogP contribution in [0.3, 0.4) is 0 Å². The molecule has 1 N–H and O–H groups in total. The maximum atomic E-state index is 4.08. The summed E-state index contributed by atoms with van der Waals surface area (Å²) in [6.07, 6.45) is 1.80. The highest BCUT2D eigenvalue weighted by atomic mass is 15.3. The minimum atomic E-state index is 0.486. The Morgan fingerprint density at radius 2 is 2.08 bits per heavy atom. The molecule has 1 aromatic rings. The Kier molecular flexibility index (Phi) is 2.74. The summed E-state index contributed by atoms with van der Waals surface area (Å²) < 4.78 is 1.85. The molecule has 0 saturated carbocycles. The van der Waals surface area contributed by atoms with Crippen LogP contribution in [0.1, 0.15) is 20.8 Å². The highest BCUT2D eigenvalue weighted by Crippen LogP contribution is 2.10. The number of hydrogen-bond acceptors (Lipinski definition) is 2. The maximum Gasteiger partial charge on any atom is 0.124 e. The molecule has 0 aliphatic carbocycles. The quantitative estimate of drug-likeness (QED) is 0.745. The van der Waals surface area contributed by atoms with E-state index in [4.69, 9.17) is 0 Å². The van der Waals surface area contributed by atoms with Crippen molar-refractivity contribution >= 4 is 5.82 Å². The predicted molar refractivity (Wildman–Crippen MR) is 51.1 cm³/mol. The molecule has 0 aliphatic rings. The molecule has 3 nitrogen and oxygen atoms in total. The third kappa shape index (κ3) is 2.00. The molecule has 0 aromatic carbocycles. The Morgan fingerprint density at radius 3 is 2.50 bits per heavy atom. The molecule has 0 saturated heterocycles. The van der Waals surface area contributed by atoms with E-state index in [1.54, 1.807) is 6.20 Å². The van der Waals surface area contributed by atoms with Crippen molar-refractivity contribution in [3.05, 3.63) is 12.3 Å². The maximum absolute atomic E-state index is 4.08. The summed E-state index contributed by atoms with van der Waals surface area (Å²) in [5, 5.41) is 7.47. The molecule has 0 radical (unpaired) electrons. The largest absolute Gasteiger partial charge is 0.368 e. The van der Waals surface area contributed by atoms with Gasteiger partial charge in [-0.3, -0.25) is 4.68 Å². The van der Waals surface area contributed by atoms with Crippen LogP contribution in [0.5, 0.6) is 0 Å². The van der Waals surface area contributed by atoms with E-state index >= 15 is 0 Å². The second kappa shape index (κ2) is 3.61. The van der Waals surface area contributed by atoms with Gasteiger partial charge < -0.3 is 5.32 Å². The molecule has 0 fully saturated rings. The summed E-state index contributed by atoms with van der Waals surface area (Å²) in [6.45, 7) is 6.58. The first-order chi connectivity index (χ1) is 5.61. The number of nitrogens with zero attached hydrogens (tertiary/aromatic N) is 2. The number of rotatable bonds is 3. The normalized spacial score (nSPS) is 13.4. The zero-order valence-corrected chi connectivity index (χ0v) is 8.20. The van der Waals surface area contributed by atoms with Gasteiger partial charge in [-0.1, -0.05) is 13.8 Å². The van der Waals surface area contributed by atoms with E-state index in [0.29, 0.717) is 12.0 Å². The first-order valence-electron chi connectivity index (χ1n) is 4.36. The fourth-order valence-electron chi connectivity index (χ4n) is 0.915. The summed E-state index contributed by atoms with van der Waals surface area (Å²) in [5.74, 6) is 1.72. The number of aromatic nitrogens is 2. The molecular formula is C9H17N3. The number of nitrogens with one attached hydrogen (secondary N) is 1. The molecule has 0 bridgehead atoms. The van der Waals surface area contributed by atoms with Crippen molar-refractivity contribution in [1.29, 1.82) is 0 Å². The SMILES string of the molecule is CC(C)C(C)Nc1ccnn1C. The highest BCUT2D eigenvalue weighted by Gasteiger charge is 2.07. The van der Waals surface area contributed by atoms with Gasteiger partial charge in [0.1, 0.15) is 5.82 Å². The van der Waals surface area contributed by atoms with E-state index < -0.39 is 0 Å². The fraction of sp³-hybridized carbons (Fsp3) is 0.667. The summed E-state index contributed by atoms with van der Waals surface area (Å²) in [6, 6.07) is 2.47. The van der Waals surface area contributed by atoms with Gasteiger partial charge in [0.05, 0.1) is 6.20 Å². The molecule has 1 atom stereocenters. The van der Waals surface area contributed by atoms with Gasteiger partial charge in [0.2, 0.25) is 0 Å². The van der Waals surface area contributed by atoms with Gasteiger partial charge in [-0.25, -0.2) is 0 Å². The Hall–Kier alpha value is -0.990. The van der Waals surface area contributed by atoms with E-state index in [9.17, 15) is 0 Å². The number of anilines is 1. The Morgan fingerprint density at radius 1 is 1.42 bits per heavy atom. The van der Waals surface area contributed by atoms with Gasteiger partial charge in [-0.15, -0.1) is 0 Å². The monoisotopic (exact) mass is 167 g/mol. The van der Waals surface area contributed by atoms with Crippen molar-refractivity contribution in [3.63, 3.8) is 0 Å². The van der Waals surface area contributed by atoms with Crippen LogP contribution in [-0.4, -0.2) is 15.8 Å². The molecule has 12 heavy (non-hydrogen) atoms. The molecular weight excluding hydrogens is 150 g/mol. The molecule has 0 aliphatic heterocycles. The third-order valence-corrected chi connectivity index (χ3v) is 2.20. The van der Waals surface area contributed by atoms with Crippen LogP contribution in [-0.2, 0) is 7.05 Å². The first-order valence-corrected chi connectivity index (χ1v) is 4.36. The molecule has 1 unspecified atom stereocenters. The topological polar surface area (TPSA) is 29.9 Å². The lowest BCUT2D eigenvalue weighted by atomic mass is 10.1. The van der Waals surface area contributed by atoms with Crippen LogP contribution in [0.25, 0.3) is 0 Å². The fourth-order valence-corrected chi connectivity index (χ4v) is 0.915. The van der Waals surface area contributed by atoms with Crippen molar-refractivity contribution in [2.24, 2.45) is 13.0 Å². The van der Waals surface area contributed by atoms with Crippen LogP contribution >= 0.6 is 0 Å². The zero-order chi connectivity index (χ0) is 9.14. The van der Waals surface area contributed by atoms with Crippen molar-refractivity contribution in [3.8, 4) is 0 Å². The van der Waals surface area contributed by atoms with Crippen LogP contribution in [0, 0.1) is 5.92 Å². The number of hydrogen-bond donors (Lipinski definition) is 1. The van der Waals surface area contributed by atoms with E-state index in [-0.39, 0.29) is 0 Å². The molecule has 1 rings (SSSR count). The van der Waals surface area contributed by atoms with Crippen LogP contribution in [0.4, 0.5) is 5.82 Å². The van der Waals surface area contributed by atoms with Crippen molar-refractivity contribution in [1.82, 2.24) is 9.78 Å². The second-order valence-corrected chi connectivity index (χ2v) is 3.52. The standard InChI is InChI=1S/C9H17N3/c1-7(2)8(3)11-9-5-6-10-12(9)4/h5-8,11H,1-4H3. The van der Waals surface area contributed by atoms with Gasteiger partial charge in [0.25, 0.3) is 0 Å². The third-order valence-electron chi connectivity index (χ3n) is 2.20. The average molecular weight is 167 g/mol. The highest BCUT2D eigenvalue weighted by molar-refractivity contribution is 5.34. The second-order valence-electron chi connectivity index (χ2n) is 3.52. The minimum absolute atomic E-state index is 0.486. The zero-order valence-electron chi connectivity index (χ0n) is 8.20. The smallest absolute Gasteiger partial charge is 0.124 e. The number of aryl methyl sites for hydroxylation is 1. The molecule has 1 heterocycles. The summed E-state index contributed by atoms with van der Waals surface area (Å²) in [5.41, 5.74) is 0. The van der Waals surface area contributed by atoms with Crippen molar-refractivity contribution in [2.75, 3.05) is 5.32 Å². The van der Waals surface area contributed by atoms with Gasteiger partial charge in [-0.05, 0) is 12.8 Å². The summed E-state index contributed by atoms with van der Waals surface area (Å²) in [4.78, 5) is 0. The lowest BCUT2D eigenvalue weighted by molar-refractivity contribution is 0.554. The Bertz CT molecular complexity index is 240. The minimum Gasteiger partial charge on any atom is -0.368 e. The molecule has 0 spiro atoms.